The monoisotopic (exact) mass is 340 g/mol. The van der Waals surface area contributed by atoms with Gasteiger partial charge in [-0.05, 0) is 72.8 Å². The number of ether oxygens (including phenoxy) is 2. The number of methoxy groups -OCH3 is 2. The van der Waals surface area contributed by atoms with E-state index >= 15 is 0 Å². The number of hydrogen-bond acceptors (Lipinski definition) is 2. The van der Waals surface area contributed by atoms with Crippen molar-refractivity contribution in [3.05, 3.63) is 23.3 Å². The Hall–Kier alpha value is -1.18. The summed E-state index contributed by atoms with van der Waals surface area (Å²) in [6.07, 6.45) is 9.47. The summed E-state index contributed by atoms with van der Waals surface area (Å²) in [5.74, 6) is 2.95. The van der Waals surface area contributed by atoms with E-state index in [0.29, 0.717) is 16.2 Å². The minimum absolute atomic E-state index is 0.278. The molecule has 2 spiro atoms. The van der Waals surface area contributed by atoms with E-state index in [-0.39, 0.29) is 5.41 Å². The predicted octanol–water partition coefficient (Wildman–Crippen LogP) is 5.51. The third-order valence-electron chi connectivity index (χ3n) is 9.53. The van der Waals surface area contributed by atoms with Gasteiger partial charge in [-0.15, -0.1) is 0 Å². The van der Waals surface area contributed by atoms with Crippen molar-refractivity contribution in [2.75, 3.05) is 14.2 Å². The van der Waals surface area contributed by atoms with Gasteiger partial charge >= 0.3 is 0 Å². The molecule has 4 aliphatic carbocycles. The lowest BCUT2D eigenvalue weighted by atomic mass is 9.43. The molecule has 0 N–H and O–H groups in total. The lowest BCUT2D eigenvalue weighted by Crippen LogP contribution is -2.57. The second kappa shape index (κ2) is 4.56. The minimum Gasteiger partial charge on any atom is -0.496 e. The Balaban J connectivity index is 1.85. The van der Waals surface area contributed by atoms with Crippen LogP contribution in [0.1, 0.15) is 70.4 Å². The zero-order valence-electron chi connectivity index (χ0n) is 16.5. The van der Waals surface area contributed by atoms with Crippen LogP contribution in [0.5, 0.6) is 11.5 Å². The Bertz CT molecular complexity index is 755. The maximum atomic E-state index is 5.97. The molecule has 1 aromatic carbocycles. The average Bonchev–Trinajstić information content (AvgIpc) is 3.13. The number of rotatable bonds is 2. The first-order valence-corrected chi connectivity index (χ1v) is 10.1. The van der Waals surface area contributed by atoms with E-state index in [1.54, 1.807) is 0 Å². The predicted molar refractivity (Wildman–Crippen MR) is 100 cm³/mol. The molecule has 0 saturated heterocycles. The number of benzene rings is 1. The highest BCUT2D eigenvalue weighted by Gasteiger charge is 2.82. The molecule has 0 bridgehead atoms. The van der Waals surface area contributed by atoms with E-state index < -0.39 is 0 Å². The van der Waals surface area contributed by atoms with Crippen LogP contribution in [0.4, 0.5) is 0 Å². The van der Waals surface area contributed by atoms with Crippen LogP contribution in [0, 0.1) is 22.2 Å². The second-order valence-corrected chi connectivity index (χ2v) is 9.94. The number of fused-ring (bicyclic) bond motifs is 1. The van der Waals surface area contributed by atoms with Crippen LogP contribution < -0.4 is 9.47 Å². The van der Waals surface area contributed by atoms with Crippen LogP contribution in [0.3, 0.4) is 0 Å². The van der Waals surface area contributed by atoms with Crippen LogP contribution in [-0.4, -0.2) is 14.2 Å². The summed E-state index contributed by atoms with van der Waals surface area (Å²) in [6, 6.07) is 4.29. The zero-order chi connectivity index (χ0) is 17.7. The van der Waals surface area contributed by atoms with Gasteiger partial charge in [0.2, 0.25) is 0 Å². The van der Waals surface area contributed by atoms with Crippen molar-refractivity contribution in [2.24, 2.45) is 22.2 Å². The Morgan fingerprint density at radius 1 is 1.00 bits per heavy atom. The average molecular weight is 341 g/mol. The quantitative estimate of drug-likeness (QED) is 0.706. The van der Waals surface area contributed by atoms with Gasteiger partial charge in [0.25, 0.3) is 0 Å². The normalized spacial score (nSPS) is 46.5. The molecule has 5 unspecified atom stereocenters. The van der Waals surface area contributed by atoms with Crippen LogP contribution in [0.2, 0.25) is 0 Å². The van der Waals surface area contributed by atoms with Crippen molar-refractivity contribution < 1.29 is 9.47 Å². The van der Waals surface area contributed by atoms with Gasteiger partial charge in [0, 0.05) is 16.5 Å². The maximum Gasteiger partial charge on any atom is 0.123 e. The summed E-state index contributed by atoms with van der Waals surface area (Å²) in [5.41, 5.74) is 4.63. The van der Waals surface area contributed by atoms with Gasteiger partial charge in [-0.3, -0.25) is 0 Å². The highest BCUT2D eigenvalue weighted by atomic mass is 16.5. The molecule has 0 aliphatic heterocycles. The summed E-state index contributed by atoms with van der Waals surface area (Å²) in [7, 11) is 3.67. The molecular weight excluding hydrogens is 308 g/mol. The zero-order valence-corrected chi connectivity index (χ0v) is 16.5. The Morgan fingerprint density at radius 2 is 1.72 bits per heavy atom. The van der Waals surface area contributed by atoms with Crippen molar-refractivity contribution in [2.45, 2.75) is 71.1 Å². The molecule has 136 valence electrons. The fraction of sp³-hybridized carbons (Fsp3) is 0.739. The van der Waals surface area contributed by atoms with Gasteiger partial charge in [0.15, 0.2) is 0 Å². The van der Waals surface area contributed by atoms with Gasteiger partial charge in [0.1, 0.15) is 11.5 Å². The van der Waals surface area contributed by atoms with Gasteiger partial charge in [-0.25, -0.2) is 0 Å². The molecule has 2 nitrogen and oxygen atoms in total. The molecule has 0 amide bonds. The largest absolute Gasteiger partial charge is 0.496 e. The summed E-state index contributed by atoms with van der Waals surface area (Å²) in [4.78, 5) is 0. The Labute approximate surface area is 152 Å². The Morgan fingerprint density at radius 3 is 2.44 bits per heavy atom. The van der Waals surface area contributed by atoms with Crippen molar-refractivity contribution in [3.63, 3.8) is 0 Å². The molecule has 1 aromatic rings. The molecule has 0 radical (unpaired) electrons. The molecule has 2 heteroatoms. The standard InChI is InChI=1S/C23H32O2/c1-15-9-12-22-14-20(22,2)10-6-11-23(22)19-16(13-21(15,23)3)17(24-4)7-8-18(19)25-5/h7-8,15H,6,9-14H2,1-5H3. The second-order valence-electron chi connectivity index (χ2n) is 9.94. The van der Waals surface area contributed by atoms with Gasteiger partial charge in [-0.2, -0.15) is 0 Å². The van der Waals surface area contributed by atoms with Crippen LogP contribution in [0.15, 0.2) is 12.1 Å². The van der Waals surface area contributed by atoms with Gasteiger partial charge in [0.05, 0.1) is 14.2 Å². The van der Waals surface area contributed by atoms with Crippen LogP contribution >= 0.6 is 0 Å². The SMILES string of the molecule is COc1ccc(OC)c2c1CC1(C)C(C)CCC34CC3(C)CCCC214. The highest BCUT2D eigenvalue weighted by molar-refractivity contribution is 5.61. The molecule has 3 fully saturated rings. The lowest BCUT2D eigenvalue weighted by molar-refractivity contribution is -0.0697. The van der Waals surface area contributed by atoms with E-state index in [1.165, 1.54) is 49.7 Å². The molecule has 3 saturated carbocycles. The summed E-state index contributed by atoms with van der Waals surface area (Å²) < 4.78 is 11.8. The first-order chi connectivity index (χ1) is 11.9. The molecule has 0 aromatic heterocycles. The third kappa shape index (κ3) is 1.48. The summed E-state index contributed by atoms with van der Waals surface area (Å²) in [5, 5.41) is 0. The fourth-order valence-corrected chi connectivity index (χ4v) is 8.19. The van der Waals surface area contributed by atoms with Crippen LogP contribution in [-0.2, 0) is 11.8 Å². The molecule has 4 aliphatic rings. The Kier molecular flexibility index (Phi) is 2.92. The van der Waals surface area contributed by atoms with Crippen LogP contribution in [0.25, 0.3) is 0 Å². The van der Waals surface area contributed by atoms with Crippen molar-refractivity contribution in [1.82, 2.24) is 0 Å². The molecule has 5 rings (SSSR count). The van der Waals surface area contributed by atoms with Gasteiger partial charge < -0.3 is 9.47 Å². The minimum atomic E-state index is 0.278. The van der Waals surface area contributed by atoms with E-state index in [0.717, 1.165) is 23.8 Å². The van der Waals surface area contributed by atoms with Crippen molar-refractivity contribution in [3.8, 4) is 11.5 Å². The highest BCUT2D eigenvalue weighted by Crippen LogP contribution is 2.87. The van der Waals surface area contributed by atoms with E-state index in [4.69, 9.17) is 9.47 Å². The molecule has 0 heterocycles. The van der Waals surface area contributed by atoms with Gasteiger partial charge in [-0.1, -0.05) is 27.2 Å². The summed E-state index contributed by atoms with van der Waals surface area (Å²) in [6.45, 7) is 7.68. The fourth-order valence-electron chi connectivity index (χ4n) is 8.19. The first-order valence-electron chi connectivity index (χ1n) is 10.1. The smallest absolute Gasteiger partial charge is 0.123 e. The van der Waals surface area contributed by atoms with E-state index in [9.17, 15) is 0 Å². The lowest BCUT2D eigenvalue weighted by Gasteiger charge is -2.61. The molecule has 5 atom stereocenters. The summed E-state index contributed by atoms with van der Waals surface area (Å²) >= 11 is 0. The topological polar surface area (TPSA) is 18.5 Å². The van der Waals surface area contributed by atoms with E-state index in [2.05, 4.69) is 32.9 Å². The van der Waals surface area contributed by atoms with E-state index in [1.807, 2.05) is 14.2 Å². The maximum absolute atomic E-state index is 5.97. The third-order valence-corrected chi connectivity index (χ3v) is 9.53. The number of hydrogen-bond donors (Lipinski definition) is 0. The first kappa shape index (κ1) is 16.0. The van der Waals surface area contributed by atoms with Crippen molar-refractivity contribution in [1.29, 1.82) is 0 Å². The molecule has 25 heavy (non-hydrogen) atoms. The molecular formula is C23H32O2. The van der Waals surface area contributed by atoms with Crippen molar-refractivity contribution >= 4 is 0 Å².